The first-order valence-corrected chi connectivity index (χ1v) is 10.4. The van der Waals surface area contributed by atoms with Crippen molar-refractivity contribution in [2.24, 2.45) is 11.3 Å². The van der Waals surface area contributed by atoms with E-state index in [2.05, 4.69) is 9.97 Å². The molecule has 1 aromatic carbocycles. The van der Waals surface area contributed by atoms with Gasteiger partial charge in [-0.05, 0) is 63.6 Å². The molecule has 8 heteroatoms. The smallest absolute Gasteiger partial charge is 0.233 e. The van der Waals surface area contributed by atoms with Gasteiger partial charge in [-0.2, -0.15) is 0 Å². The maximum absolute atomic E-state index is 13.7. The van der Waals surface area contributed by atoms with Gasteiger partial charge in [-0.25, -0.2) is 18.7 Å². The van der Waals surface area contributed by atoms with Crippen LogP contribution in [-0.2, 0) is 4.79 Å². The molecule has 0 unspecified atom stereocenters. The summed E-state index contributed by atoms with van der Waals surface area (Å²) in [5.41, 5.74) is -1.49. The molecule has 1 amide bonds. The van der Waals surface area contributed by atoms with E-state index in [9.17, 15) is 23.5 Å². The molecule has 1 aromatic heterocycles. The summed E-state index contributed by atoms with van der Waals surface area (Å²) in [6, 6.07) is 4.60. The number of nitrogens with zero attached hydrogens (tertiary/aromatic N) is 3. The number of rotatable bonds is 4. The molecule has 1 saturated carbocycles. The van der Waals surface area contributed by atoms with Crippen molar-refractivity contribution in [2.45, 2.75) is 51.6 Å². The van der Waals surface area contributed by atoms with Crippen LogP contribution in [0.25, 0.3) is 0 Å². The molecule has 0 bridgehead atoms. The summed E-state index contributed by atoms with van der Waals surface area (Å²) in [7, 11) is 0. The Hall–Kier alpha value is -2.74. The van der Waals surface area contributed by atoms with Crippen LogP contribution in [0.4, 0.5) is 14.5 Å². The number of hydrogen-bond acceptors (Lipinski definition) is 5. The zero-order valence-electron chi connectivity index (χ0n) is 17.6. The molecule has 164 valence electrons. The van der Waals surface area contributed by atoms with Crippen LogP contribution in [-0.4, -0.2) is 38.9 Å². The van der Waals surface area contributed by atoms with Crippen molar-refractivity contribution in [3.8, 4) is 0 Å². The molecule has 2 fully saturated rings. The van der Waals surface area contributed by atoms with E-state index in [1.807, 2.05) is 0 Å². The third kappa shape index (κ3) is 4.35. The zero-order chi connectivity index (χ0) is 22.4. The minimum Gasteiger partial charge on any atom is -0.390 e. The number of amides is 1. The number of halogens is 2. The van der Waals surface area contributed by atoms with Gasteiger partial charge in [0.15, 0.2) is 5.78 Å². The van der Waals surface area contributed by atoms with Gasteiger partial charge < -0.3 is 10.0 Å². The number of hydrogen-bond donors (Lipinski definition) is 1. The van der Waals surface area contributed by atoms with Gasteiger partial charge in [0, 0.05) is 30.9 Å². The van der Waals surface area contributed by atoms with E-state index in [0.717, 1.165) is 18.2 Å². The second kappa shape index (κ2) is 7.75. The summed E-state index contributed by atoms with van der Waals surface area (Å²) in [6.07, 6.45) is 3.24. The Morgan fingerprint density at radius 1 is 1.26 bits per heavy atom. The van der Waals surface area contributed by atoms with Gasteiger partial charge in [0.2, 0.25) is 5.91 Å². The fourth-order valence-electron chi connectivity index (χ4n) is 5.36. The topological polar surface area (TPSA) is 83.4 Å². The summed E-state index contributed by atoms with van der Waals surface area (Å²) < 4.78 is 27.4. The first kappa shape index (κ1) is 21.5. The van der Waals surface area contributed by atoms with E-state index >= 15 is 0 Å². The van der Waals surface area contributed by atoms with E-state index < -0.39 is 22.7 Å². The van der Waals surface area contributed by atoms with Crippen molar-refractivity contribution >= 4 is 17.4 Å². The molecule has 0 radical (unpaired) electrons. The second-order valence-corrected chi connectivity index (χ2v) is 9.18. The first-order chi connectivity index (χ1) is 14.6. The van der Waals surface area contributed by atoms with Crippen molar-refractivity contribution < 1.29 is 23.5 Å². The predicted molar refractivity (Wildman–Crippen MR) is 109 cm³/mol. The van der Waals surface area contributed by atoms with E-state index in [4.69, 9.17) is 0 Å². The van der Waals surface area contributed by atoms with Gasteiger partial charge in [0.1, 0.15) is 23.2 Å². The molecule has 6 nitrogen and oxygen atoms in total. The fourth-order valence-corrected chi connectivity index (χ4v) is 5.36. The molecule has 1 aliphatic carbocycles. The molecule has 4 rings (SSSR count). The lowest BCUT2D eigenvalue weighted by Crippen LogP contribution is -2.47. The van der Waals surface area contributed by atoms with Gasteiger partial charge >= 0.3 is 0 Å². The van der Waals surface area contributed by atoms with Gasteiger partial charge in [-0.15, -0.1) is 0 Å². The molecule has 1 spiro atoms. The fraction of sp³-hybridized carbons (Fsp3) is 0.478. The molecule has 2 aromatic rings. The number of carbonyl (C=O) groups is 2. The molecule has 1 N–H and O–H groups in total. The Morgan fingerprint density at radius 2 is 1.97 bits per heavy atom. The van der Waals surface area contributed by atoms with Gasteiger partial charge in [-0.1, -0.05) is 0 Å². The highest BCUT2D eigenvalue weighted by Gasteiger charge is 2.54. The highest BCUT2D eigenvalue weighted by molar-refractivity contribution is 6.00. The molecule has 2 heterocycles. The van der Waals surface area contributed by atoms with E-state index in [1.165, 1.54) is 11.1 Å². The molecule has 2 aliphatic rings. The Kier molecular flexibility index (Phi) is 5.37. The van der Waals surface area contributed by atoms with Crippen LogP contribution in [0.15, 0.2) is 30.5 Å². The normalized spacial score (nSPS) is 28.4. The second-order valence-electron chi connectivity index (χ2n) is 9.18. The Balaban J connectivity index is 1.56. The summed E-state index contributed by atoms with van der Waals surface area (Å²) in [6.45, 7) is 3.69. The third-order valence-electron chi connectivity index (χ3n) is 6.33. The number of anilines is 1. The largest absolute Gasteiger partial charge is 0.390 e. The van der Waals surface area contributed by atoms with Crippen molar-refractivity contribution in [3.05, 3.63) is 53.6 Å². The predicted octanol–water partition coefficient (Wildman–Crippen LogP) is 3.61. The summed E-state index contributed by atoms with van der Waals surface area (Å²) in [4.78, 5) is 35.7. The average molecular weight is 429 g/mol. The van der Waals surface area contributed by atoms with E-state index in [1.54, 1.807) is 19.9 Å². The molecular weight excluding hydrogens is 404 g/mol. The van der Waals surface area contributed by atoms with Crippen molar-refractivity contribution in [1.29, 1.82) is 0 Å². The van der Waals surface area contributed by atoms with Gasteiger partial charge in [-0.3, -0.25) is 9.59 Å². The first-order valence-electron chi connectivity index (χ1n) is 10.4. The molecule has 3 atom stereocenters. The molecule has 1 aliphatic heterocycles. The van der Waals surface area contributed by atoms with Crippen LogP contribution < -0.4 is 4.90 Å². The lowest BCUT2D eigenvalue weighted by molar-refractivity contribution is -0.135. The summed E-state index contributed by atoms with van der Waals surface area (Å²) in [5.74, 6) is -1.61. The van der Waals surface area contributed by atoms with Crippen LogP contribution in [0.1, 0.15) is 55.3 Å². The summed E-state index contributed by atoms with van der Waals surface area (Å²) >= 11 is 0. The maximum Gasteiger partial charge on any atom is 0.233 e. The number of Topliss-reactive ketones (excluding diaryl/α,β-unsaturated/α-hetero) is 1. The number of aromatic nitrogens is 2. The zero-order valence-corrected chi connectivity index (χ0v) is 17.6. The number of aryl methyl sites for hydroxylation is 1. The highest BCUT2D eigenvalue weighted by atomic mass is 19.1. The Labute approximate surface area is 179 Å². The lowest BCUT2D eigenvalue weighted by atomic mass is 9.62. The molecule has 31 heavy (non-hydrogen) atoms. The van der Waals surface area contributed by atoms with Crippen molar-refractivity contribution in [2.75, 3.05) is 11.4 Å². The number of benzene rings is 1. The number of ketones is 1. The molecule has 1 saturated heterocycles. The quantitative estimate of drug-likeness (QED) is 0.751. The number of carbonyl (C=O) groups excluding carboxylic acids is 2. The summed E-state index contributed by atoms with van der Waals surface area (Å²) in [5, 5.41) is 10.9. The standard InChI is InChI=1S/C23H25F2N3O3/c1-14-26-5-3-19(27-14)20(29)7-15-11-22(2,31)13-23(12-15)4-6-28(21(23)30)18-9-16(24)8-17(25)10-18/h3,5,8-10,15,31H,4,6-7,11-13H2,1-2H3/t15-,22-,23-/m1/s1. The highest BCUT2D eigenvalue weighted by Crippen LogP contribution is 2.52. The molecular formula is C23H25F2N3O3. The SMILES string of the molecule is Cc1nccc(C(=O)C[C@@H]2C[C@@](C)(O)C[C@@]3(CCN(c4cc(F)cc(F)c4)C3=O)C2)n1. The Bertz CT molecular complexity index is 1020. The van der Waals surface area contributed by atoms with Gasteiger partial charge in [0.25, 0.3) is 0 Å². The monoisotopic (exact) mass is 429 g/mol. The van der Waals surface area contributed by atoms with Gasteiger partial charge in [0.05, 0.1) is 11.0 Å². The van der Waals surface area contributed by atoms with E-state index in [0.29, 0.717) is 37.3 Å². The van der Waals surface area contributed by atoms with Crippen LogP contribution >= 0.6 is 0 Å². The van der Waals surface area contributed by atoms with Crippen LogP contribution in [0.2, 0.25) is 0 Å². The minimum absolute atomic E-state index is 0.155. The minimum atomic E-state index is -1.12. The lowest BCUT2D eigenvalue weighted by Gasteiger charge is -2.44. The average Bonchev–Trinajstić information content (AvgIpc) is 2.95. The third-order valence-corrected chi connectivity index (χ3v) is 6.33. The van der Waals surface area contributed by atoms with Crippen molar-refractivity contribution in [1.82, 2.24) is 9.97 Å². The maximum atomic E-state index is 13.7. The van der Waals surface area contributed by atoms with Crippen LogP contribution in [0, 0.1) is 29.9 Å². The Morgan fingerprint density at radius 3 is 2.65 bits per heavy atom. The van der Waals surface area contributed by atoms with Crippen molar-refractivity contribution in [3.63, 3.8) is 0 Å². The number of aliphatic hydroxyl groups is 1. The van der Waals surface area contributed by atoms with Crippen LogP contribution in [0.3, 0.4) is 0 Å². The van der Waals surface area contributed by atoms with E-state index in [-0.39, 0.29) is 36.1 Å². The van der Waals surface area contributed by atoms with Crippen LogP contribution in [0.5, 0.6) is 0 Å².